The number of aliphatic hydroxyl groups is 1. The Morgan fingerprint density at radius 1 is 0.605 bits per heavy atom. The molecule has 1 unspecified atom stereocenters. The maximum absolute atomic E-state index is 12.1. The van der Waals surface area contributed by atoms with E-state index in [1.54, 1.807) is 0 Å². The van der Waals surface area contributed by atoms with Crippen LogP contribution in [-0.2, 0) is 19.1 Å². The SMILES string of the molecule is CCC/C=C\C/C=C\CCCCCCCC(=O)OC(CO)COC(=O)CCCCCCCCCCCCC. The fraction of sp³-hybridized carbons (Fsp3) is 0.818. The first kappa shape index (κ1) is 36.4. The van der Waals surface area contributed by atoms with Gasteiger partial charge in [-0.2, -0.15) is 0 Å². The van der Waals surface area contributed by atoms with Crippen molar-refractivity contribution < 1.29 is 24.2 Å². The molecule has 0 amide bonds. The largest absolute Gasteiger partial charge is 0.462 e. The van der Waals surface area contributed by atoms with Gasteiger partial charge in [0.1, 0.15) is 6.61 Å². The number of rotatable bonds is 28. The van der Waals surface area contributed by atoms with E-state index in [0.29, 0.717) is 12.8 Å². The third-order valence-corrected chi connectivity index (χ3v) is 6.73. The lowest BCUT2D eigenvalue weighted by Crippen LogP contribution is -2.28. The Bertz CT molecular complexity index is 584. The van der Waals surface area contributed by atoms with Crippen LogP contribution in [0.25, 0.3) is 0 Å². The van der Waals surface area contributed by atoms with Crippen LogP contribution in [0.3, 0.4) is 0 Å². The fourth-order valence-corrected chi connectivity index (χ4v) is 4.30. The van der Waals surface area contributed by atoms with Gasteiger partial charge < -0.3 is 14.6 Å². The molecule has 0 aromatic rings. The van der Waals surface area contributed by atoms with E-state index in [-0.39, 0.29) is 25.2 Å². The monoisotopic (exact) mass is 536 g/mol. The van der Waals surface area contributed by atoms with Gasteiger partial charge in [0.2, 0.25) is 0 Å². The number of allylic oxidation sites excluding steroid dienone is 4. The molecular formula is C33H60O5. The molecule has 1 atom stereocenters. The molecule has 0 bridgehead atoms. The highest BCUT2D eigenvalue weighted by atomic mass is 16.6. The second-order valence-electron chi connectivity index (χ2n) is 10.5. The number of unbranched alkanes of at least 4 members (excludes halogenated alkanes) is 16. The second kappa shape index (κ2) is 29.9. The average Bonchev–Trinajstić information content (AvgIpc) is 2.92. The number of ether oxygens (including phenoxy) is 2. The minimum Gasteiger partial charge on any atom is -0.462 e. The number of hydrogen-bond acceptors (Lipinski definition) is 5. The van der Waals surface area contributed by atoms with Crippen molar-refractivity contribution >= 4 is 11.9 Å². The Labute approximate surface area is 234 Å². The van der Waals surface area contributed by atoms with E-state index in [1.807, 2.05) is 0 Å². The van der Waals surface area contributed by atoms with Crippen LogP contribution in [0.1, 0.15) is 155 Å². The molecular weight excluding hydrogens is 476 g/mol. The zero-order valence-corrected chi connectivity index (χ0v) is 24.9. The van der Waals surface area contributed by atoms with Gasteiger partial charge in [-0.1, -0.05) is 128 Å². The van der Waals surface area contributed by atoms with Gasteiger partial charge in [0.05, 0.1) is 6.61 Å². The summed E-state index contributed by atoms with van der Waals surface area (Å²) >= 11 is 0. The topological polar surface area (TPSA) is 72.8 Å². The molecule has 1 N–H and O–H groups in total. The van der Waals surface area contributed by atoms with Gasteiger partial charge >= 0.3 is 11.9 Å². The molecule has 0 aliphatic carbocycles. The first-order valence-corrected chi connectivity index (χ1v) is 15.9. The number of esters is 2. The Morgan fingerprint density at radius 2 is 1.11 bits per heavy atom. The van der Waals surface area contributed by atoms with E-state index in [2.05, 4.69) is 38.2 Å². The van der Waals surface area contributed by atoms with Gasteiger partial charge in [0.25, 0.3) is 0 Å². The van der Waals surface area contributed by atoms with Gasteiger partial charge in [-0.15, -0.1) is 0 Å². The minimum absolute atomic E-state index is 0.0684. The number of aliphatic hydroxyl groups excluding tert-OH is 1. The zero-order valence-electron chi connectivity index (χ0n) is 24.9. The van der Waals surface area contributed by atoms with Gasteiger partial charge in [-0.05, 0) is 38.5 Å². The number of hydrogen-bond donors (Lipinski definition) is 1. The first-order chi connectivity index (χ1) is 18.6. The molecule has 0 saturated carbocycles. The highest BCUT2D eigenvalue weighted by Gasteiger charge is 2.16. The molecule has 0 aromatic heterocycles. The minimum atomic E-state index is -0.771. The predicted octanol–water partition coefficient (Wildman–Crippen LogP) is 9.17. The molecule has 0 aromatic carbocycles. The van der Waals surface area contributed by atoms with Crippen molar-refractivity contribution in [2.75, 3.05) is 13.2 Å². The Kier molecular flexibility index (Phi) is 28.7. The quantitative estimate of drug-likeness (QED) is 0.0613. The van der Waals surface area contributed by atoms with Crippen molar-refractivity contribution in [1.82, 2.24) is 0 Å². The summed E-state index contributed by atoms with van der Waals surface area (Å²) in [7, 11) is 0. The van der Waals surface area contributed by atoms with E-state index in [0.717, 1.165) is 57.8 Å². The summed E-state index contributed by atoms with van der Waals surface area (Å²) in [5, 5.41) is 9.47. The standard InChI is InChI=1S/C33H60O5/c1-3-5-7-9-11-13-15-16-18-20-22-24-26-28-33(36)38-31(29-34)30-37-32(35)27-25-23-21-19-17-14-12-10-8-6-4-2/h7,9,13,15,31,34H,3-6,8,10-12,14,16-30H2,1-2H3/b9-7-,15-13-. The number of carbonyl (C=O) groups is 2. The van der Waals surface area contributed by atoms with Crippen LogP contribution in [0.2, 0.25) is 0 Å². The van der Waals surface area contributed by atoms with Crippen LogP contribution in [0.4, 0.5) is 0 Å². The lowest BCUT2D eigenvalue weighted by molar-refractivity contribution is -0.161. The molecule has 0 aliphatic rings. The van der Waals surface area contributed by atoms with Crippen LogP contribution in [-0.4, -0.2) is 36.4 Å². The average molecular weight is 537 g/mol. The maximum atomic E-state index is 12.1. The summed E-state index contributed by atoms with van der Waals surface area (Å²) < 4.78 is 10.5. The van der Waals surface area contributed by atoms with E-state index >= 15 is 0 Å². The molecule has 0 heterocycles. The lowest BCUT2D eigenvalue weighted by atomic mass is 10.1. The highest BCUT2D eigenvalue weighted by Crippen LogP contribution is 2.13. The fourth-order valence-electron chi connectivity index (χ4n) is 4.30. The van der Waals surface area contributed by atoms with Crippen LogP contribution < -0.4 is 0 Å². The van der Waals surface area contributed by atoms with Gasteiger partial charge in [-0.3, -0.25) is 9.59 Å². The summed E-state index contributed by atoms with van der Waals surface area (Å²) in [4.78, 5) is 24.0. The molecule has 0 rings (SSSR count). The highest BCUT2D eigenvalue weighted by molar-refractivity contribution is 5.70. The van der Waals surface area contributed by atoms with Crippen LogP contribution >= 0.6 is 0 Å². The summed E-state index contributed by atoms with van der Waals surface area (Å²) in [5.41, 5.74) is 0. The Morgan fingerprint density at radius 3 is 1.66 bits per heavy atom. The molecule has 0 saturated heterocycles. The van der Waals surface area contributed by atoms with Crippen molar-refractivity contribution in [2.45, 2.75) is 161 Å². The summed E-state index contributed by atoms with van der Waals surface area (Å²) in [6.45, 7) is 4.03. The molecule has 5 nitrogen and oxygen atoms in total. The maximum Gasteiger partial charge on any atom is 0.306 e. The molecule has 0 spiro atoms. The summed E-state index contributed by atoms with van der Waals surface area (Å²) in [6.07, 6.45) is 32.2. The lowest BCUT2D eigenvalue weighted by Gasteiger charge is -2.15. The Balaban J connectivity index is 3.61. The molecule has 0 radical (unpaired) electrons. The smallest absolute Gasteiger partial charge is 0.306 e. The van der Waals surface area contributed by atoms with Crippen molar-refractivity contribution in [3.8, 4) is 0 Å². The summed E-state index contributed by atoms with van der Waals surface area (Å²) in [6, 6.07) is 0. The third-order valence-electron chi connectivity index (χ3n) is 6.73. The van der Waals surface area contributed by atoms with Gasteiger partial charge in [-0.25, -0.2) is 0 Å². The Hall–Kier alpha value is -1.62. The van der Waals surface area contributed by atoms with Crippen molar-refractivity contribution in [3.05, 3.63) is 24.3 Å². The van der Waals surface area contributed by atoms with Crippen molar-refractivity contribution in [2.24, 2.45) is 0 Å². The van der Waals surface area contributed by atoms with Crippen LogP contribution in [0, 0.1) is 0 Å². The molecule has 0 fully saturated rings. The van der Waals surface area contributed by atoms with E-state index < -0.39 is 6.10 Å². The van der Waals surface area contributed by atoms with E-state index in [9.17, 15) is 14.7 Å². The second-order valence-corrected chi connectivity index (χ2v) is 10.5. The van der Waals surface area contributed by atoms with E-state index in [1.165, 1.54) is 70.6 Å². The number of carbonyl (C=O) groups excluding carboxylic acids is 2. The van der Waals surface area contributed by atoms with E-state index in [4.69, 9.17) is 9.47 Å². The van der Waals surface area contributed by atoms with Gasteiger partial charge in [0, 0.05) is 12.8 Å². The molecule has 38 heavy (non-hydrogen) atoms. The molecule has 222 valence electrons. The van der Waals surface area contributed by atoms with Gasteiger partial charge in [0.15, 0.2) is 6.10 Å². The molecule has 5 heteroatoms. The van der Waals surface area contributed by atoms with Crippen molar-refractivity contribution in [1.29, 1.82) is 0 Å². The predicted molar refractivity (Wildman–Crippen MR) is 159 cm³/mol. The van der Waals surface area contributed by atoms with Crippen molar-refractivity contribution in [3.63, 3.8) is 0 Å². The normalized spacial score (nSPS) is 12.4. The first-order valence-electron chi connectivity index (χ1n) is 15.9. The van der Waals surface area contributed by atoms with Crippen LogP contribution in [0.15, 0.2) is 24.3 Å². The molecule has 0 aliphatic heterocycles. The zero-order chi connectivity index (χ0) is 27.9. The summed E-state index contributed by atoms with van der Waals surface area (Å²) in [5.74, 6) is -0.609. The van der Waals surface area contributed by atoms with Crippen LogP contribution in [0.5, 0.6) is 0 Å². The third kappa shape index (κ3) is 27.4.